The average molecular weight is 733 g/mol. The maximum atomic E-state index is 2.44. The summed E-state index contributed by atoms with van der Waals surface area (Å²) in [5, 5.41) is 5.18. The molecule has 0 saturated carbocycles. The van der Waals surface area contributed by atoms with E-state index in [0.717, 1.165) is 34.9 Å². The molecule has 0 unspecified atom stereocenters. The molecule has 0 radical (unpaired) electrons. The van der Waals surface area contributed by atoms with E-state index in [0.29, 0.717) is 0 Å². The third-order valence-corrected chi connectivity index (χ3v) is 12.4. The molecule has 1 aromatic heterocycles. The standard InChI is InChI=1S/C53H36N2S/c1-4-14-36(15-5-1)37-24-26-41(27-25-37)55(40-18-8-3-9-19-40)51-35-50-44-30-28-42(32-38(44)33-49(50)45-20-10-11-21-46(45)51)54(39-16-6-2-7-17-39)43-29-31-48-47-22-12-13-23-52(47)56-53(48)34-43/h1-32,34-35H,33H2. The number of rotatable bonds is 7. The van der Waals surface area contributed by atoms with Crippen LogP contribution in [-0.4, -0.2) is 0 Å². The molecule has 0 aliphatic heterocycles. The highest BCUT2D eigenvalue weighted by molar-refractivity contribution is 7.25. The van der Waals surface area contributed by atoms with Gasteiger partial charge in [0.05, 0.1) is 5.69 Å². The lowest BCUT2D eigenvalue weighted by atomic mass is 9.96. The van der Waals surface area contributed by atoms with Gasteiger partial charge >= 0.3 is 0 Å². The summed E-state index contributed by atoms with van der Waals surface area (Å²) in [6.07, 6.45) is 0.883. The molecule has 3 heteroatoms. The van der Waals surface area contributed by atoms with Gasteiger partial charge in [-0.15, -0.1) is 11.3 Å². The Morgan fingerprint density at radius 2 is 0.875 bits per heavy atom. The van der Waals surface area contributed by atoms with Gasteiger partial charge < -0.3 is 9.80 Å². The lowest BCUT2D eigenvalue weighted by molar-refractivity contribution is 1.24. The number of anilines is 6. The van der Waals surface area contributed by atoms with Crippen LogP contribution < -0.4 is 9.80 Å². The topological polar surface area (TPSA) is 6.48 Å². The van der Waals surface area contributed by atoms with E-state index in [4.69, 9.17) is 0 Å². The summed E-state index contributed by atoms with van der Waals surface area (Å²) in [5.41, 5.74) is 14.7. The van der Waals surface area contributed by atoms with E-state index in [-0.39, 0.29) is 0 Å². The van der Waals surface area contributed by atoms with Crippen molar-refractivity contribution in [3.05, 3.63) is 217 Å². The van der Waals surface area contributed by atoms with Crippen LogP contribution in [0.25, 0.3) is 53.2 Å². The first-order valence-corrected chi connectivity index (χ1v) is 20.0. The highest BCUT2D eigenvalue weighted by Gasteiger charge is 2.27. The van der Waals surface area contributed by atoms with Crippen LogP contribution >= 0.6 is 11.3 Å². The quantitative estimate of drug-likeness (QED) is 0.161. The third-order valence-electron chi connectivity index (χ3n) is 11.3. The largest absolute Gasteiger partial charge is 0.310 e. The molecular weight excluding hydrogens is 697 g/mol. The van der Waals surface area contributed by atoms with Crippen molar-refractivity contribution in [3.8, 4) is 22.3 Å². The summed E-state index contributed by atoms with van der Waals surface area (Å²) >= 11 is 1.87. The maximum absolute atomic E-state index is 2.44. The van der Waals surface area contributed by atoms with Crippen molar-refractivity contribution < 1.29 is 0 Å². The number of benzene rings is 9. The van der Waals surface area contributed by atoms with E-state index >= 15 is 0 Å². The Bertz CT molecular complexity index is 3040. The minimum atomic E-state index is 0.883. The van der Waals surface area contributed by atoms with Crippen LogP contribution in [0.4, 0.5) is 34.1 Å². The summed E-state index contributed by atoms with van der Waals surface area (Å²) in [5.74, 6) is 0. The zero-order valence-corrected chi connectivity index (χ0v) is 31.5. The predicted octanol–water partition coefficient (Wildman–Crippen LogP) is 15.4. The molecule has 56 heavy (non-hydrogen) atoms. The zero-order valence-electron chi connectivity index (χ0n) is 30.6. The first-order chi connectivity index (χ1) is 27.8. The van der Waals surface area contributed by atoms with Crippen molar-refractivity contribution in [2.24, 2.45) is 0 Å². The van der Waals surface area contributed by atoms with Gasteiger partial charge in [0.25, 0.3) is 0 Å². The molecule has 1 aliphatic carbocycles. The van der Waals surface area contributed by atoms with Gasteiger partial charge in [-0.05, 0) is 118 Å². The third kappa shape index (κ3) is 5.47. The Balaban J connectivity index is 1.04. The second-order valence-electron chi connectivity index (χ2n) is 14.5. The van der Waals surface area contributed by atoms with E-state index in [1.54, 1.807) is 0 Å². The fraction of sp³-hybridized carbons (Fsp3) is 0.0189. The summed E-state index contributed by atoms with van der Waals surface area (Å²) < 4.78 is 2.62. The Kier molecular flexibility index (Phi) is 7.78. The molecule has 0 bridgehead atoms. The number of nitrogens with zero attached hydrogens (tertiary/aromatic N) is 2. The van der Waals surface area contributed by atoms with E-state index in [9.17, 15) is 0 Å². The minimum Gasteiger partial charge on any atom is -0.310 e. The second kappa shape index (κ2) is 13.4. The molecule has 9 aromatic carbocycles. The van der Waals surface area contributed by atoms with Gasteiger partial charge in [0, 0.05) is 54.0 Å². The summed E-state index contributed by atoms with van der Waals surface area (Å²) in [6, 6.07) is 75.3. The Morgan fingerprint density at radius 1 is 0.339 bits per heavy atom. The maximum Gasteiger partial charge on any atom is 0.0546 e. The monoisotopic (exact) mass is 732 g/mol. The summed E-state index contributed by atoms with van der Waals surface area (Å²) in [6.45, 7) is 0. The van der Waals surface area contributed by atoms with Crippen LogP contribution in [0, 0.1) is 0 Å². The number of fused-ring (bicyclic) bond motifs is 8. The molecule has 0 amide bonds. The molecule has 0 fully saturated rings. The van der Waals surface area contributed by atoms with Crippen LogP contribution in [0.2, 0.25) is 0 Å². The van der Waals surface area contributed by atoms with Crippen LogP contribution in [0.1, 0.15) is 11.1 Å². The SMILES string of the molecule is c1ccc(-c2ccc(N(c3ccccc3)c3cc4c(c5ccccc35)Cc3cc(N(c5ccccc5)c5ccc6c(c5)sc5ccccc56)ccc3-4)cc2)cc1. The molecule has 0 saturated heterocycles. The Morgan fingerprint density at radius 3 is 1.62 bits per heavy atom. The van der Waals surface area contributed by atoms with Gasteiger partial charge in [0.2, 0.25) is 0 Å². The van der Waals surface area contributed by atoms with Crippen molar-refractivity contribution in [2.75, 3.05) is 9.80 Å². The first kappa shape index (κ1) is 32.5. The Labute approximate surface area is 330 Å². The average Bonchev–Trinajstić information content (AvgIpc) is 3.83. The summed E-state index contributed by atoms with van der Waals surface area (Å²) in [4.78, 5) is 4.83. The number of para-hydroxylation sites is 2. The molecule has 11 rings (SSSR count). The first-order valence-electron chi connectivity index (χ1n) is 19.2. The molecule has 0 atom stereocenters. The fourth-order valence-corrected chi connectivity index (χ4v) is 9.81. The van der Waals surface area contributed by atoms with Crippen molar-refractivity contribution in [1.82, 2.24) is 0 Å². The number of hydrogen-bond donors (Lipinski definition) is 0. The normalized spacial score (nSPS) is 11.9. The van der Waals surface area contributed by atoms with E-state index in [1.165, 1.54) is 70.0 Å². The fourth-order valence-electron chi connectivity index (χ4n) is 8.67. The molecule has 1 aliphatic rings. The highest BCUT2D eigenvalue weighted by Crippen LogP contribution is 2.49. The van der Waals surface area contributed by atoms with Crippen LogP contribution in [0.15, 0.2) is 206 Å². The smallest absolute Gasteiger partial charge is 0.0546 e. The molecule has 10 aromatic rings. The zero-order chi connectivity index (χ0) is 37.0. The van der Waals surface area contributed by atoms with Crippen LogP contribution in [0.3, 0.4) is 0 Å². The Hall–Kier alpha value is -6.94. The van der Waals surface area contributed by atoms with Crippen molar-refractivity contribution in [1.29, 1.82) is 0 Å². The van der Waals surface area contributed by atoms with Gasteiger partial charge in [-0.3, -0.25) is 0 Å². The molecule has 0 spiro atoms. The lowest BCUT2D eigenvalue weighted by Crippen LogP contribution is -2.11. The van der Waals surface area contributed by atoms with E-state index in [1.807, 2.05) is 11.3 Å². The molecule has 264 valence electrons. The molecular formula is C53H36N2S. The van der Waals surface area contributed by atoms with Crippen molar-refractivity contribution in [3.63, 3.8) is 0 Å². The van der Waals surface area contributed by atoms with Gasteiger partial charge in [0.15, 0.2) is 0 Å². The van der Waals surface area contributed by atoms with Crippen molar-refractivity contribution >= 4 is 76.4 Å². The van der Waals surface area contributed by atoms with Gasteiger partial charge in [0.1, 0.15) is 0 Å². The molecule has 0 N–H and O–H groups in total. The lowest BCUT2D eigenvalue weighted by Gasteiger charge is -2.28. The second-order valence-corrected chi connectivity index (χ2v) is 15.6. The van der Waals surface area contributed by atoms with E-state index < -0.39 is 0 Å². The van der Waals surface area contributed by atoms with Gasteiger partial charge in [-0.1, -0.05) is 133 Å². The van der Waals surface area contributed by atoms with E-state index in [2.05, 4.69) is 216 Å². The van der Waals surface area contributed by atoms with Crippen LogP contribution in [0.5, 0.6) is 0 Å². The van der Waals surface area contributed by atoms with Gasteiger partial charge in [-0.2, -0.15) is 0 Å². The van der Waals surface area contributed by atoms with Crippen molar-refractivity contribution in [2.45, 2.75) is 6.42 Å². The number of thiophene rings is 1. The molecule has 1 heterocycles. The van der Waals surface area contributed by atoms with Gasteiger partial charge in [-0.25, -0.2) is 0 Å². The minimum absolute atomic E-state index is 0.883. The number of hydrogen-bond acceptors (Lipinski definition) is 3. The van der Waals surface area contributed by atoms with Crippen LogP contribution in [-0.2, 0) is 6.42 Å². The highest BCUT2D eigenvalue weighted by atomic mass is 32.1. The predicted molar refractivity (Wildman–Crippen MR) is 240 cm³/mol. The summed E-state index contributed by atoms with van der Waals surface area (Å²) in [7, 11) is 0. The molecule has 2 nitrogen and oxygen atoms in total.